The number of esters is 1. The maximum atomic E-state index is 13.7. The summed E-state index contributed by atoms with van der Waals surface area (Å²) in [5.41, 5.74) is 2.44. The fourth-order valence-electron chi connectivity index (χ4n) is 4.36. The number of thioether (sulfide) groups is 1. The summed E-state index contributed by atoms with van der Waals surface area (Å²) in [5, 5.41) is 12.3. The van der Waals surface area contributed by atoms with E-state index in [1.54, 1.807) is 13.3 Å². The van der Waals surface area contributed by atoms with Crippen LogP contribution < -0.4 is 5.32 Å². The molecule has 0 unspecified atom stereocenters. The van der Waals surface area contributed by atoms with Crippen molar-refractivity contribution in [3.05, 3.63) is 58.2 Å². The van der Waals surface area contributed by atoms with Gasteiger partial charge in [0.2, 0.25) is 5.91 Å². The Bertz CT molecular complexity index is 1190. The number of thiophene rings is 1. The summed E-state index contributed by atoms with van der Waals surface area (Å²) in [6.07, 6.45) is 6.74. The van der Waals surface area contributed by atoms with Crippen molar-refractivity contribution in [2.75, 3.05) is 11.9 Å². The van der Waals surface area contributed by atoms with Crippen molar-refractivity contribution >= 4 is 40.0 Å². The third-order valence-corrected chi connectivity index (χ3v) is 8.67. The zero-order valence-corrected chi connectivity index (χ0v) is 21.0. The first kappa shape index (κ1) is 23.1. The van der Waals surface area contributed by atoms with Crippen molar-refractivity contribution in [2.24, 2.45) is 5.92 Å². The second-order valence-corrected chi connectivity index (χ2v) is 11.1. The SMILES string of the molecule is CCOC(=O)c1c(NC(=O)[C@H](Sc2nncn2C2CC2)c2ccccc2)sc2c1CC[C@@H](C)C2. The van der Waals surface area contributed by atoms with Gasteiger partial charge in [0.1, 0.15) is 16.6 Å². The lowest BCUT2D eigenvalue weighted by atomic mass is 9.88. The number of fused-ring (bicyclic) bond motifs is 1. The summed E-state index contributed by atoms with van der Waals surface area (Å²) in [5.74, 6) is 0.0205. The third-order valence-electron chi connectivity index (χ3n) is 6.27. The van der Waals surface area contributed by atoms with Crippen LogP contribution in [0.25, 0.3) is 0 Å². The normalized spacial score (nSPS) is 18.2. The van der Waals surface area contributed by atoms with E-state index in [-0.39, 0.29) is 11.9 Å². The van der Waals surface area contributed by atoms with Crippen LogP contribution in [0, 0.1) is 5.92 Å². The van der Waals surface area contributed by atoms with E-state index in [1.165, 1.54) is 28.0 Å². The molecule has 3 aromatic rings. The van der Waals surface area contributed by atoms with Gasteiger partial charge in [-0.15, -0.1) is 21.5 Å². The number of hydrogen-bond acceptors (Lipinski definition) is 7. The van der Waals surface area contributed by atoms with Gasteiger partial charge in [0.15, 0.2) is 5.16 Å². The minimum absolute atomic E-state index is 0.182. The van der Waals surface area contributed by atoms with E-state index in [2.05, 4.69) is 27.0 Å². The van der Waals surface area contributed by atoms with Crippen LogP contribution in [0.1, 0.15) is 70.8 Å². The highest BCUT2D eigenvalue weighted by molar-refractivity contribution is 8.00. The van der Waals surface area contributed by atoms with Crippen LogP contribution in [0.4, 0.5) is 5.00 Å². The number of benzene rings is 1. The van der Waals surface area contributed by atoms with Crippen molar-refractivity contribution < 1.29 is 14.3 Å². The van der Waals surface area contributed by atoms with E-state index in [4.69, 9.17) is 4.74 Å². The van der Waals surface area contributed by atoms with E-state index in [0.717, 1.165) is 48.4 Å². The fourth-order valence-corrected chi connectivity index (χ4v) is 6.85. The van der Waals surface area contributed by atoms with E-state index in [0.29, 0.717) is 29.1 Å². The summed E-state index contributed by atoms with van der Waals surface area (Å²) in [6, 6.07) is 10.1. The second kappa shape index (κ2) is 9.92. The fraction of sp³-hybridized carbons (Fsp3) is 0.440. The number of anilines is 1. The Morgan fingerprint density at radius 1 is 1.26 bits per heavy atom. The predicted molar refractivity (Wildman–Crippen MR) is 133 cm³/mol. The standard InChI is InChI=1S/C25H28N4O3S2/c1-3-32-24(31)20-18-12-9-15(2)13-19(18)33-23(20)27-22(30)21(16-7-5-4-6-8-16)34-25-28-26-14-29(25)17-10-11-17/h4-8,14-15,17,21H,3,9-13H2,1-2H3,(H,27,30)/t15-,21-/m1/s1. The molecule has 1 saturated carbocycles. The Kier molecular flexibility index (Phi) is 6.74. The van der Waals surface area contributed by atoms with Crippen molar-refractivity contribution in [3.63, 3.8) is 0 Å². The van der Waals surface area contributed by atoms with Crippen molar-refractivity contribution in [3.8, 4) is 0 Å². The average Bonchev–Trinajstić information content (AvgIpc) is 3.46. The molecule has 2 aromatic heterocycles. The molecular formula is C25H28N4O3S2. The zero-order valence-electron chi connectivity index (χ0n) is 19.3. The van der Waals surface area contributed by atoms with Crippen LogP contribution in [-0.2, 0) is 22.4 Å². The first-order valence-corrected chi connectivity index (χ1v) is 13.5. The molecule has 34 heavy (non-hydrogen) atoms. The molecule has 2 aliphatic carbocycles. The van der Waals surface area contributed by atoms with Gasteiger partial charge >= 0.3 is 5.97 Å². The number of carbonyl (C=O) groups excluding carboxylic acids is 2. The summed E-state index contributed by atoms with van der Waals surface area (Å²) in [6.45, 7) is 4.32. The van der Waals surface area contributed by atoms with Crippen molar-refractivity contribution in [2.45, 2.75) is 62.4 Å². The molecule has 2 heterocycles. The number of aromatic nitrogens is 3. The van der Waals surface area contributed by atoms with Crippen LogP contribution >= 0.6 is 23.1 Å². The first-order valence-electron chi connectivity index (χ1n) is 11.8. The lowest BCUT2D eigenvalue weighted by Gasteiger charge is -2.18. The molecule has 1 N–H and O–H groups in total. The van der Waals surface area contributed by atoms with E-state index >= 15 is 0 Å². The van der Waals surface area contributed by atoms with Crippen molar-refractivity contribution in [1.82, 2.24) is 14.8 Å². The molecule has 0 spiro atoms. The Morgan fingerprint density at radius 3 is 2.79 bits per heavy atom. The maximum absolute atomic E-state index is 13.7. The van der Waals surface area contributed by atoms with Crippen LogP contribution in [0.2, 0.25) is 0 Å². The van der Waals surface area contributed by atoms with Gasteiger partial charge in [-0.05, 0) is 56.1 Å². The van der Waals surface area contributed by atoms with Gasteiger partial charge in [-0.25, -0.2) is 4.79 Å². The van der Waals surface area contributed by atoms with Gasteiger partial charge < -0.3 is 14.6 Å². The maximum Gasteiger partial charge on any atom is 0.341 e. The number of carbonyl (C=O) groups is 2. The second-order valence-electron chi connectivity index (χ2n) is 8.93. The molecule has 0 saturated heterocycles. The highest BCUT2D eigenvalue weighted by Gasteiger charge is 2.33. The highest BCUT2D eigenvalue weighted by Crippen LogP contribution is 2.43. The molecule has 2 aliphatic rings. The van der Waals surface area contributed by atoms with E-state index in [1.807, 2.05) is 30.3 Å². The zero-order chi connectivity index (χ0) is 23.7. The van der Waals surface area contributed by atoms with Gasteiger partial charge in [-0.1, -0.05) is 49.0 Å². The summed E-state index contributed by atoms with van der Waals surface area (Å²) in [7, 11) is 0. The third kappa shape index (κ3) is 4.77. The average molecular weight is 497 g/mol. The van der Waals surface area contributed by atoms with Gasteiger partial charge in [-0.3, -0.25) is 4.79 Å². The Balaban J connectivity index is 1.46. The summed E-state index contributed by atoms with van der Waals surface area (Å²) in [4.78, 5) is 27.8. The lowest BCUT2D eigenvalue weighted by Crippen LogP contribution is -2.21. The summed E-state index contributed by atoms with van der Waals surface area (Å²) >= 11 is 2.91. The molecule has 1 aromatic carbocycles. The van der Waals surface area contributed by atoms with Crippen molar-refractivity contribution in [1.29, 1.82) is 0 Å². The summed E-state index contributed by atoms with van der Waals surface area (Å²) < 4.78 is 7.43. The molecule has 0 aliphatic heterocycles. The topological polar surface area (TPSA) is 86.1 Å². The quantitative estimate of drug-likeness (QED) is 0.330. The Morgan fingerprint density at radius 2 is 2.06 bits per heavy atom. The molecule has 178 valence electrons. The number of hydrogen-bond donors (Lipinski definition) is 1. The van der Waals surface area contributed by atoms with Gasteiger partial charge in [0, 0.05) is 10.9 Å². The van der Waals surface area contributed by atoms with Gasteiger partial charge in [0.25, 0.3) is 0 Å². The molecule has 9 heteroatoms. The molecular weight excluding hydrogens is 468 g/mol. The molecule has 0 radical (unpaired) electrons. The van der Waals surface area contributed by atoms with Crippen LogP contribution in [0.5, 0.6) is 0 Å². The Labute approximate surface area is 207 Å². The number of nitrogens with zero attached hydrogens (tertiary/aromatic N) is 3. The minimum Gasteiger partial charge on any atom is -0.462 e. The number of ether oxygens (including phenoxy) is 1. The highest BCUT2D eigenvalue weighted by atomic mass is 32.2. The molecule has 5 rings (SSSR count). The Hall–Kier alpha value is -2.65. The number of rotatable bonds is 8. The van der Waals surface area contributed by atoms with Crippen LogP contribution in [0.15, 0.2) is 41.8 Å². The minimum atomic E-state index is -0.531. The first-order chi connectivity index (χ1) is 16.5. The largest absolute Gasteiger partial charge is 0.462 e. The van der Waals surface area contributed by atoms with Crippen LogP contribution in [0.3, 0.4) is 0 Å². The molecule has 7 nitrogen and oxygen atoms in total. The predicted octanol–water partition coefficient (Wildman–Crippen LogP) is 5.45. The molecule has 2 atom stereocenters. The van der Waals surface area contributed by atoms with E-state index < -0.39 is 5.25 Å². The van der Waals surface area contributed by atoms with Crippen LogP contribution in [-0.4, -0.2) is 33.2 Å². The molecule has 1 amide bonds. The monoisotopic (exact) mass is 496 g/mol. The molecule has 1 fully saturated rings. The van der Waals surface area contributed by atoms with Gasteiger partial charge in [-0.2, -0.15) is 0 Å². The number of amides is 1. The molecule has 0 bridgehead atoms. The number of nitrogens with one attached hydrogen (secondary N) is 1. The smallest absolute Gasteiger partial charge is 0.341 e. The van der Waals surface area contributed by atoms with E-state index in [9.17, 15) is 9.59 Å². The lowest BCUT2D eigenvalue weighted by molar-refractivity contribution is -0.115. The van der Waals surface area contributed by atoms with Gasteiger partial charge in [0.05, 0.1) is 12.2 Å².